The number of nitrogens with zero attached hydrogens (tertiary/aromatic N) is 1. The summed E-state index contributed by atoms with van der Waals surface area (Å²) in [7, 11) is 0. The molecule has 1 aromatic carbocycles. The molecular weight excluding hydrogens is 306 g/mol. The van der Waals surface area contributed by atoms with Crippen LogP contribution in [0.1, 0.15) is 37.7 Å². The van der Waals surface area contributed by atoms with Crippen LogP contribution >= 0.6 is 0 Å². The summed E-state index contributed by atoms with van der Waals surface area (Å²) in [5, 5.41) is 12.6. The third-order valence-corrected chi connectivity index (χ3v) is 4.46. The number of carboxylic acids is 1. The summed E-state index contributed by atoms with van der Waals surface area (Å²) in [5.41, 5.74) is 6.65. The van der Waals surface area contributed by atoms with E-state index in [-0.39, 0.29) is 11.9 Å². The highest BCUT2D eigenvalue weighted by molar-refractivity contribution is 5.87. The van der Waals surface area contributed by atoms with Gasteiger partial charge < -0.3 is 21.1 Å². The summed E-state index contributed by atoms with van der Waals surface area (Å²) >= 11 is 0. The fourth-order valence-corrected chi connectivity index (χ4v) is 3.13. The summed E-state index contributed by atoms with van der Waals surface area (Å²) in [6, 6.07) is 8.83. The molecule has 0 bridgehead atoms. The Hall–Kier alpha value is -1.92. The Morgan fingerprint density at radius 1 is 1.29 bits per heavy atom. The number of unbranched alkanes of at least 4 members (excludes halogenated alkanes) is 1. The lowest BCUT2D eigenvalue weighted by molar-refractivity contribution is -0.149. The minimum Gasteiger partial charge on any atom is -0.480 e. The van der Waals surface area contributed by atoms with Gasteiger partial charge in [-0.25, -0.2) is 4.79 Å². The maximum Gasteiger partial charge on any atom is 0.326 e. The zero-order chi connectivity index (χ0) is 17.4. The Morgan fingerprint density at radius 2 is 2.04 bits per heavy atom. The molecule has 0 unspecified atom stereocenters. The van der Waals surface area contributed by atoms with Crippen LogP contribution in [0, 0.1) is 0 Å². The van der Waals surface area contributed by atoms with Crippen LogP contribution in [0.5, 0.6) is 0 Å². The van der Waals surface area contributed by atoms with Crippen LogP contribution in [0.3, 0.4) is 0 Å². The number of hydrogen-bond donors (Lipinski definition) is 3. The van der Waals surface area contributed by atoms with Crippen molar-refractivity contribution in [3.63, 3.8) is 0 Å². The van der Waals surface area contributed by atoms with Crippen molar-refractivity contribution >= 4 is 11.9 Å². The monoisotopic (exact) mass is 333 g/mol. The molecule has 132 valence electrons. The van der Waals surface area contributed by atoms with Gasteiger partial charge in [0.25, 0.3) is 0 Å². The molecule has 0 aromatic heterocycles. The lowest BCUT2D eigenvalue weighted by Crippen LogP contribution is -2.50. The maximum atomic E-state index is 12.8. The number of carbonyl (C=O) groups is 2. The zero-order valence-corrected chi connectivity index (χ0v) is 14.0. The van der Waals surface area contributed by atoms with Gasteiger partial charge in [-0.3, -0.25) is 4.79 Å². The third kappa shape index (κ3) is 5.04. The largest absolute Gasteiger partial charge is 0.480 e. The van der Waals surface area contributed by atoms with Crippen LogP contribution in [-0.2, 0) is 16.1 Å². The molecule has 1 heterocycles. The summed E-state index contributed by atoms with van der Waals surface area (Å²) in [4.78, 5) is 25.7. The number of likely N-dealkylation sites (tertiary alicyclic amines) is 1. The fourth-order valence-electron chi connectivity index (χ4n) is 3.13. The minimum absolute atomic E-state index is 0.104. The average Bonchev–Trinajstić information content (AvgIpc) is 3.08. The Balaban J connectivity index is 2.00. The van der Waals surface area contributed by atoms with E-state index in [1.54, 1.807) is 0 Å². The second-order valence-corrected chi connectivity index (χ2v) is 6.23. The molecule has 1 amide bonds. The Labute approximate surface area is 143 Å². The highest BCUT2D eigenvalue weighted by Crippen LogP contribution is 2.20. The zero-order valence-electron chi connectivity index (χ0n) is 14.0. The van der Waals surface area contributed by atoms with E-state index in [9.17, 15) is 14.7 Å². The first kappa shape index (κ1) is 18.4. The number of hydrogen-bond acceptors (Lipinski definition) is 4. The van der Waals surface area contributed by atoms with Crippen LogP contribution in [0.4, 0.5) is 0 Å². The molecule has 0 aliphatic carbocycles. The number of carbonyl (C=O) groups excluding carboxylic acids is 1. The van der Waals surface area contributed by atoms with Crippen molar-refractivity contribution < 1.29 is 14.7 Å². The quantitative estimate of drug-likeness (QED) is 0.593. The van der Waals surface area contributed by atoms with E-state index in [1.807, 2.05) is 30.3 Å². The van der Waals surface area contributed by atoms with E-state index < -0.39 is 12.0 Å². The van der Waals surface area contributed by atoms with Gasteiger partial charge in [0.2, 0.25) is 5.91 Å². The normalized spacial score (nSPS) is 18.5. The first-order valence-electron chi connectivity index (χ1n) is 8.64. The molecule has 6 heteroatoms. The molecular formula is C18H27N3O3. The van der Waals surface area contributed by atoms with Gasteiger partial charge in [-0.05, 0) is 37.8 Å². The van der Waals surface area contributed by atoms with Crippen molar-refractivity contribution in [3.8, 4) is 0 Å². The van der Waals surface area contributed by atoms with Crippen molar-refractivity contribution in [1.29, 1.82) is 0 Å². The maximum absolute atomic E-state index is 12.8. The topological polar surface area (TPSA) is 95.7 Å². The van der Waals surface area contributed by atoms with Gasteiger partial charge in [0.05, 0.1) is 6.04 Å². The van der Waals surface area contributed by atoms with E-state index in [0.29, 0.717) is 32.5 Å². The second-order valence-electron chi connectivity index (χ2n) is 6.23. The molecule has 6 nitrogen and oxygen atoms in total. The molecule has 0 radical (unpaired) electrons. The van der Waals surface area contributed by atoms with E-state index in [0.717, 1.165) is 24.8 Å². The smallest absolute Gasteiger partial charge is 0.326 e. The molecule has 0 spiro atoms. The van der Waals surface area contributed by atoms with Gasteiger partial charge in [0, 0.05) is 13.1 Å². The summed E-state index contributed by atoms with van der Waals surface area (Å²) in [6.07, 6.45) is 3.66. The fraction of sp³-hybridized carbons (Fsp3) is 0.556. The van der Waals surface area contributed by atoms with Gasteiger partial charge in [0.15, 0.2) is 0 Å². The molecule has 2 rings (SSSR count). The summed E-state index contributed by atoms with van der Waals surface area (Å²) in [5.74, 6) is -1.02. The lowest BCUT2D eigenvalue weighted by Gasteiger charge is -2.27. The summed E-state index contributed by atoms with van der Waals surface area (Å²) < 4.78 is 0. The van der Waals surface area contributed by atoms with Gasteiger partial charge in [-0.2, -0.15) is 0 Å². The van der Waals surface area contributed by atoms with Crippen LogP contribution in [0.25, 0.3) is 0 Å². The van der Waals surface area contributed by atoms with Gasteiger partial charge >= 0.3 is 5.97 Å². The van der Waals surface area contributed by atoms with Crippen molar-refractivity contribution in [2.24, 2.45) is 5.73 Å². The number of amides is 1. The van der Waals surface area contributed by atoms with Crippen molar-refractivity contribution in [2.75, 3.05) is 13.1 Å². The molecule has 1 aliphatic heterocycles. The SMILES string of the molecule is NCCCC[C@H](NCc1ccccc1)C(=O)N1CCC[C@@H]1C(=O)O. The molecule has 1 aliphatic rings. The number of rotatable bonds is 9. The molecule has 1 fully saturated rings. The Kier molecular flexibility index (Phi) is 7.21. The Bertz CT molecular complexity index is 536. The molecule has 1 saturated heterocycles. The number of carboxylic acid groups (broad SMARTS) is 1. The van der Waals surface area contributed by atoms with Crippen molar-refractivity contribution in [2.45, 2.75) is 50.7 Å². The first-order chi connectivity index (χ1) is 11.6. The van der Waals surface area contributed by atoms with Crippen molar-refractivity contribution in [1.82, 2.24) is 10.2 Å². The van der Waals surface area contributed by atoms with Crippen LogP contribution in [-0.4, -0.2) is 47.1 Å². The standard InChI is InChI=1S/C18H27N3O3/c19-11-5-4-9-15(20-13-14-7-2-1-3-8-14)17(22)21-12-6-10-16(21)18(23)24/h1-3,7-8,15-16,20H,4-6,9-13,19H2,(H,23,24)/t15-,16+/m0/s1. The van der Waals surface area contributed by atoms with E-state index in [1.165, 1.54) is 4.90 Å². The second kappa shape index (κ2) is 9.39. The van der Waals surface area contributed by atoms with Gasteiger partial charge in [0.1, 0.15) is 6.04 Å². The Morgan fingerprint density at radius 3 is 2.71 bits per heavy atom. The van der Waals surface area contributed by atoms with Crippen LogP contribution in [0.2, 0.25) is 0 Å². The molecule has 2 atom stereocenters. The molecule has 0 saturated carbocycles. The summed E-state index contributed by atoms with van der Waals surface area (Å²) in [6.45, 7) is 1.71. The van der Waals surface area contributed by atoms with Crippen molar-refractivity contribution in [3.05, 3.63) is 35.9 Å². The first-order valence-corrected chi connectivity index (χ1v) is 8.64. The van der Waals surface area contributed by atoms with Gasteiger partial charge in [-0.1, -0.05) is 36.8 Å². The third-order valence-electron chi connectivity index (χ3n) is 4.46. The number of aliphatic carboxylic acids is 1. The highest BCUT2D eigenvalue weighted by atomic mass is 16.4. The average molecular weight is 333 g/mol. The predicted molar refractivity (Wildman–Crippen MR) is 92.3 cm³/mol. The molecule has 24 heavy (non-hydrogen) atoms. The predicted octanol–water partition coefficient (Wildman–Crippen LogP) is 1.35. The minimum atomic E-state index is -0.912. The highest BCUT2D eigenvalue weighted by Gasteiger charge is 2.36. The number of benzene rings is 1. The van der Waals surface area contributed by atoms with Crippen LogP contribution < -0.4 is 11.1 Å². The van der Waals surface area contributed by atoms with E-state index in [4.69, 9.17) is 5.73 Å². The number of nitrogens with one attached hydrogen (secondary N) is 1. The van der Waals surface area contributed by atoms with E-state index in [2.05, 4.69) is 5.32 Å². The van der Waals surface area contributed by atoms with Gasteiger partial charge in [-0.15, -0.1) is 0 Å². The molecule has 1 aromatic rings. The number of nitrogens with two attached hydrogens (primary N) is 1. The van der Waals surface area contributed by atoms with Crippen LogP contribution in [0.15, 0.2) is 30.3 Å². The van der Waals surface area contributed by atoms with E-state index >= 15 is 0 Å². The lowest BCUT2D eigenvalue weighted by atomic mass is 10.1. The molecule has 4 N–H and O–H groups in total.